The predicted molar refractivity (Wildman–Crippen MR) is 68.8 cm³/mol. The molecule has 3 nitrogen and oxygen atoms in total. The zero-order valence-electron chi connectivity index (χ0n) is 9.66. The molecule has 0 aliphatic carbocycles. The summed E-state index contributed by atoms with van der Waals surface area (Å²) in [6, 6.07) is 15.9. The number of hydrogen-bond acceptors (Lipinski definition) is 3. The molecule has 1 heterocycles. The van der Waals surface area contributed by atoms with Gasteiger partial charge in [0.05, 0.1) is 18.8 Å². The lowest BCUT2D eigenvalue weighted by molar-refractivity contribution is 0.301. The number of anilines is 1. The number of benzene rings is 1. The molecule has 0 atom stereocenters. The van der Waals surface area contributed by atoms with Gasteiger partial charge in [-0.1, -0.05) is 24.3 Å². The Labute approximate surface area is 101 Å². The molecule has 17 heavy (non-hydrogen) atoms. The van der Waals surface area contributed by atoms with Crippen LogP contribution in [0.3, 0.4) is 0 Å². The Hall–Kier alpha value is -1.87. The normalized spacial score (nSPS) is 10.2. The van der Waals surface area contributed by atoms with Gasteiger partial charge in [-0.05, 0) is 24.3 Å². The minimum Gasteiger partial charge on any atom is -0.395 e. The molecule has 0 bridgehead atoms. The second-order valence-corrected chi connectivity index (χ2v) is 3.80. The maximum Gasteiger partial charge on any atom is 0.0606 e. The molecule has 2 aromatic rings. The Morgan fingerprint density at radius 1 is 1.00 bits per heavy atom. The van der Waals surface area contributed by atoms with E-state index < -0.39 is 0 Å². The van der Waals surface area contributed by atoms with Crippen LogP contribution in [0.1, 0.15) is 5.69 Å². The van der Waals surface area contributed by atoms with E-state index in [4.69, 9.17) is 5.11 Å². The molecule has 1 N–H and O–H groups in total. The summed E-state index contributed by atoms with van der Waals surface area (Å²) >= 11 is 0. The van der Waals surface area contributed by atoms with E-state index >= 15 is 0 Å². The maximum atomic E-state index is 9.11. The summed E-state index contributed by atoms with van der Waals surface area (Å²) < 4.78 is 0. The first-order valence-corrected chi connectivity index (χ1v) is 5.71. The van der Waals surface area contributed by atoms with Gasteiger partial charge in [0.25, 0.3) is 0 Å². The second-order valence-electron chi connectivity index (χ2n) is 3.80. The van der Waals surface area contributed by atoms with Crippen molar-refractivity contribution in [1.29, 1.82) is 0 Å². The molecule has 0 saturated heterocycles. The summed E-state index contributed by atoms with van der Waals surface area (Å²) in [5.74, 6) is 0. The highest BCUT2D eigenvalue weighted by molar-refractivity contribution is 5.46. The minimum atomic E-state index is 0.141. The number of hydrogen-bond donors (Lipinski definition) is 1. The van der Waals surface area contributed by atoms with Crippen molar-refractivity contribution < 1.29 is 5.11 Å². The molecule has 0 fully saturated rings. The van der Waals surface area contributed by atoms with Crippen molar-refractivity contribution in [1.82, 2.24) is 4.98 Å². The van der Waals surface area contributed by atoms with E-state index in [1.165, 1.54) is 0 Å². The average molecular weight is 228 g/mol. The van der Waals surface area contributed by atoms with E-state index in [9.17, 15) is 0 Å². The molecule has 3 heteroatoms. The third-order valence-corrected chi connectivity index (χ3v) is 2.57. The number of pyridine rings is 1. The summed E-state index contributed by atoms with van der Waals surface area (Å²) in [7, 11) is 0. The first-order chi connectivity index (χ1) is 8.40. The lowest BCUT2D eigenvalue weighted by atomic mass is 10.2. The maximum absolute atomic E-state index is 9.11. The first-order valence-electron chi connectivity index (χ1n) is 5.71. The number of aromatic nitrogens is 1. The van der Waals surface area contributed by atoms with Gasteiger partial charge in [-0.2, -0.15) is 0 Å². The van der Waals surface area contributed by atoms with E-state index in [-0.39, 0.29) is 6.61 Å². The first kappa shape index (κ1) is 11.6. The minimum absolute atomic E-state index is 0.141. The number of aliphatic hydroxyl groups is 1. The van der Waals surface area contributed by atoms with Crippen LogP contribution >= 0.6 is 0 Å². The highest BCUT2D eigenvalue weighted by atomic mass is 16.3. The molecule has 88 valence electrons. The summed E-state index contributed by atoms with van der Waals surface area (Å²) in [6.07, 6.45) is 1.79. The standard InChI is InChI=1S/C14H16N2O/c17-11-10-16(14-7-2-1-3-8-14)12-13-6-4-5-9-15-13/h1-9,17H,10-12H2. The molecule has 1 aromatic carbocycles. The van der Waals surface area contributed by atoms with Crippen LogP contribution in [0.2, 0.25) is 0 Å². The van der Waals surface area contributed by atoms with Crippen molar-refractivity contribution in [2.45, 2.75) is 6.54 Å². The lowest BCUT2D eigenvalue weighted by Crippen LogP contribution is -2.26. The topological polar surface area (TPSA) is 36.4 Å². The van der Waals surface area contributed by atoms with Crippen LogP contribution in [0.4, 0.5) is 5.69 Å². The average Bonchev–Trinajstić information content (AvgIpc) is 2.40. The van der Waals surface area contributed by atoms with Crippen molar-refractivity contribution in [3.8, 4) is 0 Å². The molecule has 0 aliphatic rings. The molecule has 1 aromatic heterocycles. The second kappa shape index (κ2) is 6.01. The van der Waals surface area contributed by atoms with E-state index in [0.29, 0.717) is 13.1 Å². The number of para-hydroxylation sites is 1. The molecule has 2 rings (SSSR count). The summed E-state index contributed by atoms with van der Waals surface area (Å²) in [5.41, 5.74) is 2.11. The van der Waals surface area contributed by atoms with E-state index in [1.807, 2.05) is 48.5 Å². The third-order valence-electron chi connectivity index (χ3n) is 2.57. The van der Waals surface area contributed by atoms with Crippen LogP contribution in [-0.2, 0) is 6.54 Å². The van der Waals surface area contributed by atoms with Crippen molar-refractivity contribution >= 4 is 5.69 Å². The Morgan fingerprint density at radius 3 is 2.41 bits per heavy atom. The highest BCUT2D eigenvalue weighted by Gasteiger charge is 2.06. The van der Waals surface area contributed by atoms with E-state index in [1.54, 1.807) is 6.20 Å². The summed E-state index contributed by atoms with van der Waals surface area (Å²) in [4.78, 5) is 6.42. The molecule has 0 unspecified atom stereocenters. The van der Waals surface area contributed by atoms with Crippen molar-refractivity contribution in [3.05, 3.63) is 60.4 Å². The largest absolute Gasteiger partial charge is 0.395 e. The molecule has 0 saturated carbocycles. The Balaban J connectivity index is 2.13. The van der Waals surface area contributed by atoms with E-state index in [0.717, 1.165) is 11.4 Å². The van der Waals surface area contributed by atoms with Gasteiger partial charge in [0.15, 0.2) is 0 Å². The SMILES string of the molecule is OCCN(Cc1ccccn1)c1ccccc1. The molecule has 0 amide bonds. The van der Waals surface area contributed by atoms with E-state index in [2.05, 4.69) is 9.88 Å². The van der Waals surface area contributed by atoms with Crippen LogP contribution < -0.4 is 4.90 Å². The van der Waals surface area contributed by atoms with Gasteiger partial charge in [-0.15, -0.1) is 0 Å². The monoisotopic (exact) mass is 228 g/mol. The lowest BCUT2D eigenvalue weighted by Gasteiger charge is -2.23. The predicted octanol–water partition coefficient (Wildman–Crippen LogP) is 2.08. The van der Waals surface area contributed by atoms with Crippen molar-refractivity contribution in [3.63, 3.8) is 0 Å². The highest BCUT2D eigenvalue weighted by Crippen LogP contribution is 2.15. The van der Waals surface area contributed by atoms with Gasteiger partial charge in [0.2, 0.25) is 0 Å². The van der Waals surface area contributed by atoms with Crippen LogP contribution in [0.15, 0.2) is 54.7 Å². The van der Waals surface area contributed by atoms with Crippen molar-refractivity contribution in [2.24, 2.45) is 0 Å². The number of rotatable bonds is 5. The van der Waals surface area contributed by atoms with Crippen LogP contribution in [-0.4, -0.2) is 23.2 Å². The number of aliphatic hydroxyl groups excluding tert-OH is 1. The fourth-order valence-electron chi connectivity index (χ4n) is 1.75. The third kappa shape index (κ3) is 3.29. The molecular weight excluding hydrogens is 212 g/mol. The Bertz CT molecular complexity index is 430. The Kier molecular flexibility index (Phi) is 4.11. The Morgan fingerprint density at radius 2 is 1.76 bits per heavy atom. The van der Waals surface area contributed by atoms with Crippen LogP contribution in [0.25, 0.3) is 0 Å². The van der Waals surface area contributed by atoms with Crippen LogP contribution in [0, 0.1) is 0 Å². The van der Waals surface area contributed by atoms with Gasteiger partial charge >= 0.3 is 0 Å². The van der Waals surface area contributed by atoms with Gasteiger partial charge in [0.1, 0.15) is 0 Å². The van der Waals surface area contributed by atoms with Crippen molar-refractivity contribution in [2.75, 3.05) is 18.1 Å². The fraction of sp³-hybridized carbons (Fsp3) is 0.214. The molecule has 0 radical (unpaired) electrons. The van der Waals surface area contributed by atoms with Gasteiger partial charge in [-0.25, -0.2) is 0 Å². The van der Waals surface area contributed by atoms with Gasteiger partial charge < -0.3 is 10.0 Å². The zero-order chi connectivity index (χ0) is 11.9. The summed E-state index contributed by atoms with van der Waals surface area (Å²) in [5, 5.41) is 9.11. The van der Waals surface area contributed by atoms with Crippen LogP contribution in [0.5, 0.6) is 0 Å². The van der Waals surface area contributed by atoms with Gasteiger partial charge in [0, 0.05) is 18.4 Å². The molecule has 0 spiro atoms. The number of nitrogens with zero attached hydrogens (tertiary/aromatic N) is 2. The van der Waals surface area contributed by atoms with Gasteiger partial charge in [-0.3, -0.25) is 4.98 Å². The molecular formula is C14H16N2O. The molecule has 0 aliphatic heterocycles. The summed E-state index contributed by atoms with van der Waals surface area (Å²) in [6.45, 7) is 1.47. The fourth-order valence-corrected chi connectivity index (χ4v) is 1.75. The smallest absolute Gasteiger partial charge is 0.0606 e. The quantitative estimate of drug-likeness (QED) is 0.851. The zero-order valence-corrected chi connectivity index (χ0v) is 9.66.